The van der Waals surface area contributed by atoms with E-state index in [1.54, 1.807) is 7.11 Å². The molecule has 0 bridgehead atoms. The first kappa shape index (κ1) is 13.9. The second-order valence-corrected chi connectivity index (χ2v) is 6.89. The zero-order chi connectivity index (χ0) is 14.1. The summed E-state index contributed by atoms with van der Waals surface area (Å²) >= 11 is 0. The fourth-order valence-electron chi connectivity index (χ4n) is 4.25. The first-order valence-corrected chi connectivity index (χ1v) is 8.06. The third-order valence-electron chi connectivity index (χ3n) is 5.05. The Labute approximate surface area is 123 Å². The van der Waals surface area contributed by atoms with Gasteiger partial charge in [0.1, 0.15) is 5.75 Å². The van der Waals surface area contributed by atoms with Gasteiger partial charge >= 0.3 is 0 Å². The molecule has 1 heterocycles. The third-order valence-corrected chi connectivity index (χ3v) is 5.05. The highest BCUT2D eigenvalue weighted by Crippen LogP contribution is 2.33. The van der Waals surface area contributed by atoms with Crippen molar-refractivity contribution in [3.8, 4) is 5.75 Å². The number of hydrogen-bond donors (Lipinski definition) is 0. The number of piperidine rings is 1. The number of nitrogens with zero attached hydrogens (tertiary/aromatic N) is 1. The van der Waals surface area contributed by atoms with E-state index in [9.17, 15) is 0 Å². The van der Waals surface area contributed by atoms with E-state index in [4.69, 9.17) is 4.74 Å². The lowest BCUT2D eigenvalue weighted by Crippen LogP contribution is -2.47. The molecule has 0 aromatic heterocycles. The van der Waals surface area contributed by atoms with E-state index in [2.05, 4.69) is 36.9 Å². The van der Waals surface area contributed by atoms with Gasteiger partial charge in [0.25, 0.3) is 0 Å². The summed E-state index contributed by atoms with van der Waals surface area (Å²) in [6.45, 7) is 7.36. The van der Waals surface area contributed by atoms with Crippen LogP contribution in [0.1, 0.15) is 37.8 Å². The van der Waals surface area contributed by atoms with Gasteiger partial charge < -0.3 is 4.74 Å². The molecular formula is C18H27NO. The highest BCUT2D eigenvalue weighted by Gasteiger charge is 2.30. The summed E-state index contributed by atoms with van der Waals surface area (Å²) in [5, 5.41) is 0. The van der Waals surface area contributed by atoms with Gasteiger partial charge in [-0.3, -0.25) is 4.90 Å². The predicted octanol–water partition coefficient (Wildman–Crippen LogP) is 3.53. The Morgan fingerprint density at radius 3 is 2.60 bits per heavy atom. The maximum absolute atomic E-state index is 5.57. The summed E-state index contributed by atoms with van der Waals surface area (Å²) in [4.78, 5) is 2.74. The number of ether oxygens (including phenoxy) is 1. The average molecular weight is 273 g/mol. The van der Waals surface area contributed by atoms with E-state index in [1.165, 1.54) is 49.9 Å². The first-order chi connectivity index (χ1) is 9.67. The molecule has 2 nitrogen and oxygen atoms in total. The molecular weight excluding hydrogens is 246 g/mol. The topological polar surface area (TPSA) is 12.5 Å². The van der Waals surface area contributed by atoms with Crippen LogP contribution in [-0.2, 0) is 12.8 Å². The maximum atomic E-state index is 5.57. The summed E-state index contributed by atoms with van der Waals surface area (Å²) in [6.07, 6.45) is 5.07. The molecule has 110 valence electrons. The molecule has 1 aromatic rings. The molecule has 1 aromatic carbocycles. The Kier molecular flexibility index (Phi) is 4.02. The molecule has 0 spiro atoms. The molecule has 1 saturated heterocycles. The average Bonchev–Trinajstić information content (AvgIpc) is 2.45. The summed E-state index contributed by atoms with van der Waals surface area (Å²) in [5.74, 6) is 2.78. The fraction of sp³-hybridized carbons (Fsp3) is 0.667. The molecule has 1 aliphatic carbocycles. The molecule has 2 heteroatoms. The number of aryl methyl sites for hydroxylation is 1. The Hall–Kier alpha value is -1.02. The van der Waals surface area contributed by atoms with Gasteiger partial charge in [-0.1, -0.05) is 26.0 Å². The molecule has 2 aliphatic rings. The molecule has 0 radical (unpaired) electrons. The van der Waals surface area contributed by atoms with Crippen LogP contribution in [0.15, 0.2) is 18.2 Å². The van der Waals surface area contributed by atoms with Gasteiger partial charge in [-0.05, 0) is 54.7 Å². The highest BCUT2D eigenvalue weighted by molar-refractivity contribution is 5.42. The minimum atomic E-state index is 0.712. The standard InChI is InChI=1S/C18H27NO/c1-13-9-14(2)12-19(11-13)16-8-7-15-5-4-6-18(20-3)17(15)10-16/h4-6,13-14,16H,7-12H2,1-3H3/t13-,14+,16?. The van der Waals surface area contributed by atoms with Crippen molar-refractivity contribution < 1.29 is 4.74 Å². The fourth-order valence-corrected chi connectivity index (χ4v) is 4.25. The Morgan fingerprint density at radius 1 is 1.15 bits per heavy atom. The van der Waals surface area contributed by atoms with Gasteiger partial charge in [-0.15, -0.1) is 0 Å². The van der Waals surface area contributed by atoms with Gasteiger partial charge in [0.05, 0.1) is 7.11 Å². The normalized spacial score (nSPS) is 30.9. The summed E-state index contributed by atoms with van der Waals surface area (Å²) in [7, 11) is 1.80. The van der Waals surface area contributed by atoms with E-state index in [0.29, 0.717) is 6.04 Å². The van der Waals surface area contributed by atoms with Crippen molar-refractivity contribution in [2.24, 2.45) is 11.8 Å². The summed E-state index contributed by atoms with van der Waals surface area (Å²) in [6, 6.07) is 7.23. The lowest BCUT2D eigenvalue weighted by atomic mass is 9.84. The Morgan fingerprint density at radius 2 is 1.90 bits per heavy atom. The van der Waals surface area contributed by atoms with Crippen molar-refractivity contribution in [3.05, 3.63) is 29.3 Å². The molecule has 0 amide bonds. The molecule has 3 atom stereocenters. The van der Waals surface area contributed by atoms with Gasteiger partial charge in [0.15, 0.2) is 0 Å². The minimum Gasteiger partial charge on any atom is -0.496 e. The monoisotopic (exact) mass is 273 g/mol. The van der Waals surface area contributed by atoms with Crippen molar-refractivity contribution in [2.75, 3.05) is 20.2 Å². The first-order valence-electron chi connectivity index (χ1n) is 8.06. The Balaban J connectivity index is 1.78. The molecule has 20 heavy (non-hydrogen) atoms. The zero-order valence-electron chi connectivity index (χ0n) is 13.1. The van der Waals surface area contributed by atoms with Crippen molar-refractivity contribution >= 4 is 0 Å². The molecule has 3 rings (SSSR count). The molecule has 0 saturated carbocycles. The van der Waals surface area contributed by atoms with Crippen LogP contribution >= 0.6 is 0 Å². The van der Waals surface area contributed by atoms with Crippen LogP contribution in [0.2, 0.25) is 0 Å². The predicted molar refractivity (Wildman–Crippen MR) is 83.3 cm³/mol. The van der Waals surface area contributed by atoms with E-state index >= 15 is 0 Å². The lowest BCUT2D eigenvalue weighted by Gasteiger charge is -2.42. The van der Waals surface area contributed by atoms with Gasteiger partial charge in [-0.2, -0.15) is 0 Å². The van der Waals surface area contributed by atoms with Gasteiger partial charge in [0.2, 0.25) is 0 Å². The quantitative estimate of drug-likeness (QED) is 0.817. The summed E-state index contributed by atoms with van der Waals surface area (Å²) < 4.78 is 5.57. The van der Waals surface area contributed by atoms with Crippen molar-refractivity contribution in [3.63, 3.8) is 0 Å². The van der Waals surface area contributed by atoms with Crippen molar-refractivity contribution in [2.45, 2.75) is 45.6 Å². The minimum absolute atomic E-state index is 0.712. The molecule has 1 unspecified atom stereocenters. The Bertz CT molecular complexity index is 446. The van der Waals surface area contributed by atoms with Crippen molar-refractivity contribution in [1.82, 2.24) is 4.90 Å². The lowest BCUT2D eigenvalue weighted by molar-refractivity contribution is 0.0875. The zero-order valence-corrected chi connectivity index (χ0v) is 13.1. The largest absolute Gasteiger partial charge is 0.496 e. The number of methoxy groups -OCH3 is 1. The van der Waals surface area contributed by atoms with E-state index < -0.39 is 0 Å². The second kappa shape index (κ2) is 5.77. The highest BCUT2D eigenvalue weighted by atomic mass is 16.5. The van der Waals surface area contributed by atoms with Crippen LogP contribution < -0.4 is 4.74 Å². The smallest absolute Gasteiger partial charge is 0.122 e. The summed E-state index contributed by atoms with van der Waals surface area (Å²) in [5.41, 5.74) is 2.95. The van der Waals surface area contributed by atoms with Gasteiger partial charge in [0, 0.05) is 19.1 Å². The molecule has 0 N–H and O–H groups in total. The van der Waals surface area contributed by atoms with Crippen LogP contribution in [0.4, 0.5) is 0 Å². The van der Waals surface area contributed by atoms with E-state index in [1.807, 2.05) is 0 Å². The van der Waals surface area contributed by atoms with Crippen LogP contribution in [0, 0.1) is 11.8 Å². The van der Waals surface area contributed by atoms with E-state index in [-0.39, 0.29) is 0 Å². The van der Waals surface area contributed by atoms with Crippen LogP contribution in [0.3, 0.4) is 0 Å². The third kappa shape index (κ3) is 2.71. The molecule has 1 aliphatic heterocycles. The van der Waals surface area contributed by atoms with E-state index in [0.717, 1.165) is 17.6 Å². The number of benzene rings is 1. The number of rotatable bonds is 2. The number of fused-ring (bicyclic) bond motifs is 1. The van der Waals surface area contributed by atoms with Crippen LogP contribution in [0.5, 0.6) is 5.75 Å². The second-order valence-electron chi connectivity index (χ2n) is 6.89. The van der Waals surface area contributed by atoms with Crippen LogP contribution in [-0.4, -0.2) is 31.1 Å². The SMILES string of the molecule is COc1cccc2c1CC(N1C[C@H](C)C[C@H](C)C1)CC2. The van der Waals surface area contributed by atoms with Gasteiger partial charge in [-0.25, -0.2) is 0 Å². The number of likely N-dealkylation sites (tertiary alicyclic amines) is 1. The molecule has 1 fully saturated rings. The van der Waals surface area contributed by atoms with Crippen LogP contribution in [0.25, 0.3) is 0 Å². The maximum Gasteiger partial charge on any atom is 0.122 e. The number of hydrogen-bond acceptors (Lipinski definition) is 2. The van der Waals surface area contributed by atoms with Crippen molar-refractivity contribution in [1.29, 1.82) is 0 Å².